The summed E-state index contributed by atoms with van der Waals surface area (Å²) in [6.07, 6.45) is 0.742. The van der Waals surface area contributed by atoms with Gasteiger partial charge in [-0.2, -0.15) is 0 Å². The third-order valence-corrected chi connectivity index (χ3v) is 2.43. The first-order chi connectivity index (χ1) is 7.13. The summed E-state index contributed by atoms with van der Waals surface area (Å²) in [6, 6.07) is 5.04. The van der Waals surface area contributed by atoms with Crippen LogP contribution in [0.3, 0.4) is 0 Å². The fraction of sp³-hybridized carbons (Fsp3) is 0.0909. The number of nitrogens with one attached hydrogen (secondary N) is 1. The Morgan fingerprint density at radius 1 is 1.47 bits per heavy atom. The molecule has 1 aromatic heterocycles. The zero-order valence-corrected chi connectivity index (χ0v) is 8.07. The highest BCUT2D eigenvalue weighted by molar-refractivity contribution is 5.98. The van der Waals surface area contributed by atoms with Gasteiger partial charge < -0.3 is 10.1 Å². The molecule has 2 aromatic rings. The SMILES string of the molecule is Cc1c(C(=O)O)[nH]c2ccc(C=O)cc12. The molecule has 0 bridgehead atoms. The number of aldehydes is 1. The molecule has 0 fully saturated rings. The zero-order valence-electron chi connectivity index (χ0n) is 8.07. The lowest BCUT2D eigenvalue weighted by atomic mass is 10.1. The van der Waals surface area contributed by atoms with Gasteiger partial charge in [-0.3, -0.25) is 4.79 Å². The fourth-order valence-corrected chi connectivity index (χ4v) is 1.63. The second kappa shape index (κ2) is 3.24. The van der Waals surface area contributed by atoms with E-state index >= 15 is 0 Å². The van der Waals surface area contributed by atoms with Crippen LogP contribution in [-0.2, 0) is 0 Å². The minimum atomic E-state index is -0.989. The molecular weight excluding hydrogens is 194 g/mol. The van der Waals surface area contributed by atoms with E-state index < -0.39 is 5.97 Å². The molecule has 0 saturated carbocycles. The van der Waals surface area contributed by atoms with Crippen LogP contribution in [0.5, 0.6) is 0 Å². The molecule has 0 amide bonds. The number of carbonyl (C=O) groups excluding carboxylic acids is 1. The van der Waals surface area contributed by atoms with Crippen molar-refractivity contribution in [3.05, 3.63) is 35.0 Å². The summed E-state index contributed by atoms with van der Waals surface area (Å²) in [5.41, 5.74) is 2.10. The molecule has 0 aliphatic heterocycles. The van der Waals surface area contributed by atoms with Gasteiger partial charge in [-0.05, 0) is 30.7 Å². The van der Waals surface area contributed by atoms with Crippen molar-refractivity contribution in [2.45, 2.75) is 6.92 Å². The van der Waals surface area contributed by atoms with E-state index in [9.17, 15) is 9.59 Å². The van der Waals surface area contributed by atoms with Crippen molar-refractivity contribution in [1.82, 2.24) is 4.98 Å². The number of carbonyl (C=O) groups is 2. The molecule has 4 heteroatoms. The summed E-state index contributed by atoms with van der Waals surface area (Å²) in [4.78, 5) is 24.2. The van der Waals surface area contributed by atoms with E-state index in [1.807, 2.05) is 0 Å². The van der Waals surface area contributed by atoms with Crippen molar-refractivity contribution in [2.75, 3.05) is 0 Å². The molecule has 76 valence electrons. The van der Waals surface area contributed by atoms with Crippen LogP contribution in [0.4, 0.5) is 0 Å². The highest BCUT2D eigenvalue weighted by atomic mass is 16.4. The molecule has 0 atom stereocenters. The monoisotopic (exact) mass is 203 g/mol. The number of H-pyrrole nitrogens is 1. The van der Waals surface area contributed by atoms with E-state index in [1.54, 1.807) is 25.1 Å². The van der Waals surface area contributed by atoms with Gasteiger partial charge in [0.25, 0.3) is 0 Å². The fourth-order valence-electron chi connectivity index (χ4n) is 1.63. The van der Waals surface area contributed by atoms with Crippen LogP contribution in [0.2, 0.25) is 0 Å². The van der Waals surface area contributed by atoms with Gasteiger partial charge in [0, 0.05) is 16.5 Å². The average Bonchev–Trinajstić information content (AvgIpc) is 2.56. The topological polar surface area (TPSA) is 70.2 Å². The molecule has 0 spiro atoms. The second-order valence-electron chi connectivity index (χ2n) is 3.35. The molecule has 2 N–H and O–H groups in total. The van der Waals surface area contributed by atoms with E-state index in [0.717, 1.165) is 17.2 Å². The molecule has 0 aliphatic rings. The van der Waals surface area contributed by atoms with Gasteiger partial charge in [0.1, 0.15) is 12.0 Å². The van der Waals surface area contributed by atoms with Gasteiger partial charge in [-0.25, -0.2) is 4.79 Å². The van der Waals surface area contributed by atoms with Crippen molar-refractivity contribution in [3.8, 4) is 0 Å². The number of aromatic carboxylic acids is 1. The first-order valence-electron chi connectivity index (χ1n) is 4.44. The number of aryl methyl sites for hydroxylation is 1. The summed E-state index contributed by atoms with van der Waals surface area (Å²) >= 11 is 0. The summed E-state index contributed by atoms with van der Waals surface area (Å²) in [5.74, 6) is -0.989. The Morgan fingerprint density at radius 3 is 2.80 bits per heavy atom. The van der Waals surface area contributed by atoms with Crippen molar-refractivity contribution in [2.24, 2.45) is 0 Å². The van der Waals surface area contributed by atoms with E-state index in [-0.39, 0.29) is 5.69 Å². The highest BCUT2D eigenvalue weighted by Gasteiger charge is 2.13. The minimum Gasteiger partial charge on any atom is -0.477 e. The number of aromatic nitrogens is 1. The predicted octanol–water partition coefficient (Wildman–Crippen LogP) is 1.99. The van der Waals surface area contributed by atoms with Crippen LogP contribution in [-0.4, -0.2) is 22.3 Å². The molecule has 0 unspecified atom stereocenters. The van der Waals surface area contributed by atoms with Crippen molar-refractivity contribution < 1.29 is 14.7 Å². The first kappa shape index (κ1) is 9.45. The van der Waals surface area contributed by atoms with Gasteiger partial charge in [-0.15, -0.1) is 0 Å². The molecule has 15 heavy (non-hydrogen) atoms. The lowest BCUT2D eigenvalue weighted by Gasteiger charge is -1.92. The maximum Gasteiger partial charge on any atom is 0.352 e. The Bertz CT molecular complexity index is 554. The molecule has 0 aliphatic carbocycles. The second-order valence-corrected chi connectivity index (χ2v) is 3.35. The summed E-state index contributed by atoms with van der Waals surface area (Å²) in [7, 11) is 0. The minimum absolute atomic E-state index is 0.174. The van der Waals surface area contributed by atoms with Gasteiger partial charge in [0.05, 0.1) is 0 Å². The van der Waals surface area contributed by atoms with Crippen LogP contribution in [0.1, 0.15) is 26.4 Å². The summed E-state index contributed by atoms with van der Waals surface area (Å²) < 4.78 is 0. The molecule has 1 heterocycles. The van der Waals surface area contributed by atoms with Crippen molar-refractivity contribution >= 4 is 23.2 Å². The molecular formula is C11H9NO3. The van der Waals surface area contributed by atoms with Crippen LogP contribution in [0.15, 0.2) is 18.2 Å². The lowest BCUT2D eigenvalue weighted by molar-refractivity contribution is 0.0690. The maximum atomic E-state index is 10.8. The predicted molar refractivity (Wildman–Crippen MR) is 55.4 cm³/mol. The Hall–Kier alpha value is -2.10. The summed E-state index contributed by atoms with van der Waals surface area (Å²) in [6.45, 7) is 1.72. The Balaban J connectivity index is 2.77. The number of fused-ring (bicyclic) bond motifs is 1. The molecule has 1 aromatic carbocycles. The Morgan fingerprint density at radius 2 is 2.20 bits per heavy atom. The van der Waals surface area contributed by atoms with Crippen LogP contribution >= 0.6 is 0 Å². The smallest absolute Gasteiger partial charge is 0.352 e. The van der Waals surface area contributed by atoms with Crippen molar-refractivity contribution in [3.63, 3.8) is 0 Å². The Kier molecular flexibility index (Phi) is 2.04. The largest absolute Gasteiger partial charge is 0.477 e. The van der Waals surface area contributed by atoms with Gasteiger partial charge in [0.15, 0.2) is 0 Å². The number of benzene rings is 1. The third-order valence-electron chi connectivity index (χ3n) is 2.43. The number of hydrogen-bond acceptors (Lipinski definition) is 2. The number of hydrogen-bond donors (Lipinski definition) is 2. The number of rotatable bonds is 2. The van der Waals surface area contributed by atoms with Crippen molar-refractivity contribution in [1.29, 1.82) is 0 Å². The van der Waals surface area contributed by atoms with Gasteiger partial charge >= 0.3 is 5.97 Å². The van der Waals surface area contributed by atoms with E-state index in [1.165, 1.54) is 0 Å². The Labute approximate surface area is 85.5 Å². The number of aromatic amines is 1. The van der Waals surface area contributed by atoms with Crippen LogP contribution in [0, 0.1) is 6.92 Å². The standard InChI is InChI=1S/C11H9NO3/c1-6-8-4-7(5-13)2-3-9(8)12-10(6)11(14)15/h2-5,12H,1H3,(H,14,15). The first-order valence-corrected chi connectivity index (χ1v) is 4.44. The number of carboxylic acid groups (broad SMARTS) is 1. The molecule has 0 radical (unpaired) electrons. The highest BCUT2D eigenvalue weighted by Crippen LogP contribution is 2.22. The zero-order chi connectivity index (χ0) is 11.0. The van der Waals surface area contributed by atoms with Crippen LogP contribution < -0.4 is 0 Å². The summed E-state index contributed by atoms with van der Waals surface area (Å²) in [5, 5.41) is 9.67. The van der Waals surface area contributed by atoms with Gasteiger partial charge in [-0.1, -0.05) is 0 Å². The van der Waals surface area contributed by atoms with Gasteiger partial charge in [0.2, 0.25) is 0 Å². The van der Waals surface area contributed by atoms with Crippen LogP contribution in [0.25, 0.3) is 10.9 Å². The number of carboxylic acids is 1. The normalized spacial score (nSPS) is 10.5. The quantitative estimate of drug-likeness (QED) is 0.733. The molecule has 0 saturated heterocycles. The average molecular weight is 203 g/mol. The van der Waals surface area contributed by atoms with E-state index in [2.05, 4.69) is 4.98 Å². The van der Waals surface area contributed by atoms with E-state index in [4.69, 9.17) is 5.11 Å². The lowest BCUT2D eigenvalue weighted by Crippen LogP contribution is -1.97. The maximum absolute atomic E-state index is 10.8. The molecule has 4 nitrogen and oxygen atoms in total. The van der Waals surface area contributed by atoms with E-state index in [0.29, 0.717) is 11.1 Å². The third kappa shape index (κ3) is 1.40. The molecule has 2 rings (SSSR count).